The summed E-state index contributed by atoms with van der Waals surface area (Å²) in [7, 11) is 5.58. The van der Waals surface area contributed by atoms with Gasteiger partial charge in [-0.15, -0.1) is 0 Å². The maximum Gasteiger partial charge on any atom is 0.225 e. The minimum absolute atomic E-state index is 0.141. The van der Waals surface area contributed by atoms with E-state index in [0.29, 0.717) is 29.5 Å². The number of aliphatic imine (C=N–C) groups is 1. The zero-order valence-corrected chi connectivity index (χ0v) is 17.2. The predicted octanol–water partition coefficient (Wildman–Crippen LogP) is 2.15. The highest BCUT2D eigenvalue weighted by molar-refractivity contribution is 5.81. The van der Waals surface area contributed by atoms with Crippen molar-refractivity contribution in [3.05, 3.63) is 0 Å². The monoisotopic (exact) mass is 376 g/mol. The van der Waals surface area contributed by atoms with E-state index >= 15 is 0 Å². The van der Waals surface area contributed by atoms with E-state index in [4.69, 9.17) is 4.74 Å². The third-order valence-corrected chi connectivity index (χ3v) is 7.61. The van der Waals surface area contributed by atoms with Crippen molar-refractivity contribution < 1.29 is 9.53 Å². The Morgan fingerprint density at radius 3 is 2.59 bits per heavy atom. The second-order valence-corrected chi connectivity index (χ2v) is 9.32. The summed E-state index contributed by atoms with van der Waals surface area (Å²) in [6.45, 7) is 0.915. The van der Waals surface area contributed by atoms with Crippen LogP contribution in [0.4, 0.5) is 0 Å². The van der Waals surface area contributed by atoms with Crippen LogP contribution in [0.1, 0.15) is 57.8 Å². The number of nitrogens with zero attached hydrogens (tertiary/aromatic N) is 2. The number of hydrogen-bond acceptors (Lipinski definition) is 3. The maximum absolute atomic E-state index is 12.4. The smallest absolute Gasteiger partial charge is 0.225 e. The Bertz CT molecular complexity index is 585. The molecule has 4 fully saturated rings. The first-order valence-corrected chi connectivity index (χ1v) is 10.9. The molecule has 27 heavy (non-hydrogen) atoms. The molecule has 0 aromatic carbocycles. The van der Waals surface area contributed by atoms with Gasteiger partial charge in [0, 0.05) is 57.1 Å². The van der Waals surface area contributed by atoms with Crippen LogP contribution in [-0.2, 0) is 9.53 Å². The van der Waals surface area contributed by atoms with Gasteiger partial charge in [0.2, 0.25) is 5.91 Å². The molecular formula is C21H36N4O2. The fourth-order valence-corrected chi connectivity index (χ4v) is 6.33. The normalized spacial score (nSPS) is 37.6. The largest absolute Gasteiger partial charge is 0.377 e. The molecule has 0 aromatic heterocycles. The van der Waals surface area contributed by atoms with Crippen molar-refractivity contribution in [1.82, 2.24) is 15.5 Å². The van der Waals surface area contributed by atoms with E-state index < -0.39 is 0 Å². The van der Waals surface area contributed by atoms with Gasteiger partial charge in [0.15, 0.2) is 5.96 Å². The van der Waals surface area contributed by atoms with Crippen molar-refractivity contribution in [2.75, 3.05) is 27.7 Å². The molecule has 4 aliphatic rings. The second kappa shape index (κ2) is 7.61. The van der Waals surface area contributed by atoms with E-state index in [1.54, 1.807) is 4.90 Å². The minimum atomic E-state index is 0.141. The van der Waals surface area contributed by atoms with Crippen LogP contribution in [0.25, 0.3) is 0 Å². The van der Waals surface area contributed by atoms with E-state index in [1.807, 2.05) is 21.1 Å². The highest BCUT2D eigenvalue weighted by Gasteiger charge is 2.65. The molecule has 5 atom stereocenters. The molecule has 3 saturated carbocycles. The molecule has 6 nitrogen and oxygen atoms in total. The molecule has 2 N–H and O–H groups in total. The summed E-state index contributed by atoms with van der Waals surface area (Å²) in [5.74, 6) is 1.96. The molecule has 3 aliphatic carbocycles. The first-order chi connectivity index (χ1) is 13.0. The first-order valence-electron chi connectivity index (χ1n) is 10.9. The standard InChI is InChI=1S/C21H36N4O2/c1-22-20(23-15-8-6-7-14(13-15)19(26)25(2)3)24-17-16-9-12-27-18(16)21(17)10-4-5-11-21/h14-18H,4-13H2,1-3H3,(H2,22,23,24). The fraction of sp³-hybridized carbons (Fsp3) is 0.905. The van der Waals surface area contributed by atoms with Gasteiger partial charge in [-0.3, -0.25) is 9.79 Å². The molecule has 1 aliphatic heterocycles. The molecule has 0 bridgehead atoms. The number of ether oxygens (including phenoxy) is 1. The Kier molecular flexibility index (Phi) is 5.36. The molecule has 152 valence electrons. The zero-order chi connectivity index (χ0) is 19.0. The van der Waals surface area contributed by atoms with E-state index in [2.05, 4.69) is 15.6 Å². The van der Waals surface area contributed by atoms with Gasteiger partial charge < -0.3 is 20.3 Å². The number of carbonyl (C=O) groups excluding carboxylic acids is 1. The number of rotatable bonds is 3. The van der Waals surface area contributed by atoms with Gasteiger partial charge in [0.25, 0.3) is 0 Å². The van der Waals surface area contributed by atoms with Crippen LogP contribution in [-0.4, -0.2) is 62.7 Å². The van der Waals surface area contributed by atoms with Gasteiger partial charge in [0.05, 0.1) is 6.10 Å². The van der Waals surface area contributed by atoms with Gasteiger partial charge in [-0.25, -0.2) is 0 Å². The third-order valence-electron chi connectivity index (χ3n) is 7.61. The lowest BCUT2D eigenvalue weighted by Gasteiger charge is -2.57. The summed E-state index contributed by atoms with van der Waals surface area (Å²) < 4.78 is 6.11. The molecule has 6 heteroatoms. The van der Waals surface area contributed by atoms with Crippen LogP contribution >= 0.6 is 0 Å². The van der Waals surface area contributed by atoms with Crippen LogP contribution in [0.3, 0.4) is 0 Å². The molecule has 0 aromatic rings. The van der Waals surface area contributed by atoms with E-state index in [9.17, 15) is 4.79 Å². The fourth-order valence-electron chi connectivity index (χ4n) is 6.33. The van der Waals surface area contributed by atoms with Gasteiger partial charge >= 0.3 is 0 Å². The van der Waals surface area contributed by atoms with Crippen molar-refractivity contribution >= 4 is 11.9 Å². The summed E-state index contributed by atoms with van der Waals surface area (Å²) in [6, 6.07) is 0.815. The van der Waals surface area contributed by atoms with Crippen LogP contribution < -0.4 is 10.6 Å². The van der Waals surface area contributed by atoms with Crippen molar-refractivity contribution in [3.8, 4) is 0 Å². The average molecular weight is 377 g/mol. The lowest BCUT2D eigenvalue weighted by Crippen LogP contribution is -2.69. The van der Waals surface area contributed by atoms with Gasteiger partial charge in [-0.2, -0.15) is 0 Å². The second-order valence-electron chi connectivity index (χ2n) is 9.32. The number of fused-ring (bicyclic) bond motifs is 2. The van der Waals surface area contributed by atoms with Crippen molar-refractivity contribution in [3.63, 3.8) is 0 Å². The molecular weight excluding hydrogens is 340 g/mol. The summed E-state index contributed by atoms with van der Waals surface area (Å²) in [6.07, 6.45) is 11.0. The topological polar surface area (TPSA) is 66.0 Å². The van der Waals surface area contributed by atoms with Gasteiger partial charge in [-0.1, -0.05) is 19.3 Å². The molecule has 5 unspecified atom stereocenters. The summed E-state index contributed by atoms with van der Waals surface area (Å²) in [5.41, 5.74) is 0.328. The third kappa shape index (κ3) is 3.34. The summed E-state index contributed by atoms with van der Waals surface area (Å²) >= 11 is 0. The number of carbonyl (C=O) groups is 1. The molecule has 0 radical (unpaired) electrons. The molecule has 1 saturated heterocycles. The van der Waals surface area contributed by atoms with E-state index in [-0.39, 0.29) is 11.8 Å². The average Bonchev–Trinajstić information content (AvgIpc) is 3.33. The van der Waals surface area contributed by atoms with E-state index in [0.717, 1.165) is 38.2 Å². The first kappa shape index (κ1) is 19.0. The number of hydrogen-bond donors (Lipinski definition) is 2. The Hall–Kier alpha value is -1.30. The predicted molar refractivity (Wildman–Crippen MR) is 107 cm³/mol. The van der Waals surface area contributed by atoms with Crippen molar-refractivity contribution in [2.24, 2.45) is 22.2 Å². The number of nitrogens with one attached hydrogen (secondary N) is 2. The van der Waals surface area contributed by atoms with Crippen LogP contribution in [0.15, 0.2) is 4.99 Å². The van der Waals surface area contributed by atoms with Crippen molar-refractivity contribution in [2.45, 2.75) is 76.0 Å². The lowest BCUT2D eigenvalue weighted by atomic mass is 9.54. The lowest BCUT2D eigenvalue weighted by molar-refractivity contribution is -0.134. The SMILES string of the molecule is CN=C(NC1CCCC(C(=O)N(C)C)C1)NC1C2CCOC2C12CCCC2. The summed E-state index contributed by atoms with van der Waals surface area (Å²) in [4.78, 5) is 18.6. The van der Waals surface area contributed by atoms with Gasteiger partial charge in [-0.05, 0) is 38.5 Å². The van der Waals surface area contributed by atoms with E-state index in [1.165, 1.54) is 32.1 Å². The Balaban J connectivity index is 1.38. The Morgan fingerprint density at radius 2 is 1.89 bits per heavy atom. The summed E-state index contributed by atoms with van der Waals surface area (Å²) in [5, 5.41) is 7.43. The van der Waals surface area contributed by atoms with Crippen LogP contribution in [0, 0.1) is 17.3 Å². The van der Waals surface area contributed by atoms with Crippen LogP contribution in [0.2, 0.25) is 0 Å². The number of guanidine groups is 1. The van der Waals surface area contributed by atoms with Crippen molar-refractivity contribution in [1.29, 1.82) is 0 Å². The Morgan fingerprint density at radius 1 is 1.11 bits per heavy atom. The minimum Gasteiger partial charge on any atom is -0.377 e. The molecule has 1 amide bonds. The Labute approximate surface area is 163 Å². The van der Waals surface area contributed by atoms with Gasteiger partial charge in [0.1, 0.15) is 0 Å². The molecule has 4 rings (SSSR count). The quantitative estimate of drug-likeness (QED) is 0.585. The number of amides is 1. The highest BCUT2D eigenvalue weighted by Crippen LogP contribution is 2.60. The zero-order valence-electron chi connectivity index (χ0n) is 17.2. The highest BCUT2D eigenvalue weighted by atomic mass is 16.5. The van der Waals surface area contributed by atoms with Crippen LogP contribution in [0.5, 0.6) is 0 Å². The maximum atomic E-state index is 12.4. The molecule has 1 heterocycles. The molecule has 1 spiro atoms.